The van der Waals surface area contributed by atoms with Gasteiger partial charge in [-0.3, -0.25) is 0 Å². The summed E-state index contributed by atoms with van der Waals surface area (Å²) >= 11 is 11.2. The van der Waals surface area contributed by atoms with Crippen molar-refractivity contribution in [1.29, 1.82) is 0 Å². The maximum atomic E-state index is 5.59. The molecule has 54 valence electrons. The van der Waals surface area contributed by atoms with Gasteiger partial charge in [-0.25, -0.2) is 4.98 Å². The first-order valence-corrected chi connectivity index (χ1v) is 3.35. The Bertz CT molecular complexity index is 239. The van der Waals surface area contributed by atoms with E-state index in [-0.39, 0.29) is 5.15 Å². The number of methoxy groups -OCH3 is 1. The number of ether oxygens (including phenoxy) is 1. The molecule has 4 heteroatoms. The standard InChI is InChI=1S/C6H5Cl2NO/c1-10-5-3-2-4(7)6(8)9-5/h2-3H,1H3. The number of hydrogen-bond donors (Lipinski definition) is 0. The Labute approximate surface area is 68.7 Å². The van der Waals surface area contributed by atoms with Crippen LogP contribution in [0.4, 0.5) is 0 Å². The van der Waals surface area contributed by atoms with Gasteiger partial charge in [0, 0.05) is 6.07 Å². The SMILES string of the molecule is COc1ccc(Cl)c(Cl)n1. The quantitative estimate of drug-likeness (QED) is 0.616. The van der Waals surface area contributed by atoms with Crippen LogP contribution in [-0.2, 0) is 0 Å². The van der Waals surface area contributed by atoms with Crippen LogP contribution in [0, 0.1) is 0 Å². The minimum atomic E-state index is 0.265. The lowest BCUT2D eigenvalue weighted by molar-refractivity contribution is 0.398. The van der Waals surface area contributed by atoms with Crippen LogP contribution in [-0.4, -0.2) is 12.1 Å². The first-order chi connectivity index (χ1) is 4.74. The zero-order chi connectivity index (χ0) is 7.56. The number of rotatable bonds is 1. The van der Waals surface area contributed by atoms with E-state index in [0.29, 0.717) is 10.9 Å². The van der Waals surface area contributed by atoms with Crippen molar-refractivity contribution in [2.24, 2.45) is 0 Å². The van der Waals surface area contributed by atoms with Crippen LogP contribution in [0.1, 0.15) is 0 Å². The zero-order valence-electron chi connectivity index (χ0n) is 5.27. The lowest BCUT2D eigenvalue weighted by Gasteiger charge is -1.98. The topological polar surface area (TPSA) is 22.1 Å². The van der Waals surface area contributed by atoms with Crippen molar-refractivity contribution in [2.45, 2.75) is 0 Å². The number of nitrogens with zero attached hydrogens (tertiary/aromatic N) is 1. The first-order valence-electron chi connectivity index (χ1n) is 2.60. The Morgan fingerprint density at radius 2 is 2.10 bits per heavy atom. The van der Waals surface area contributed by atoms with Gasteiger partial charge in [0.1, 0.15) is 0 Å². The molecule has 10 heavy (non-hydrogen) atoms. The van der Waals surface area contributed by atoms with Crippen molar-refractivity contribution >= 4 is 23.2 Å². The Balaban J connectivity index is 3.04. The zero-order valence-corrected chi connectivity index (χ0v) is 6.78. The van der Waals surface area contributed by atoms with E-state index in [1.807, 2.05) is 0 Å². The summed E-state index contributed by atoms with van der Waals surface area (Å²) in [5, 5.41) is 0.698. The summed E-state index contributed by atoms with van der Waals surface area (Å²) in [4.78, 5) is 3.80. The molecule has 0 fully saturated rings. The smallest absolute Gasteiger partial charge is 0.214 e. The maximum Gasteiger partial charge on any atom is 0.214 e. The molecule has 0 amide bonds. The van der Waals surface area contributed by atoms with Gasteiger partial charge in [-0.1, -0.05) is 23.2 Å². The molecule has 1 aromatic heterocycles. The van der Waals surface area contributed by atoms with E-state index in [0.717, 1.165) is 0 Å². The second-order valence-corrected chi connectivity index (χ2v) is 2.39. The molecule has 0 unspecified atom stereocenters. The lowest BCUT2D eigenvalue weighted by atomic mass is 10.5. The third kappa shape index (κ3) is 1.52. The number of halogens is 2. The molecule has 2 nitrogen and oxygen atoms in total. The van der Waals surface area contributed by atoms with Crippen LogP contribution >= 0.6 is 23.2 Å². The van der Waals surface area contributed by atoms with Crippen LogP contribution in [0.15, 0.2) is 12.1 Å². The highest BCUT2D eigenvalue weighted by Gasteiger charge is 1.98. The summed E-state index contributed by atoms with van der Waals surface area (Å²) in [7, 11) is 1.52. The first kappa shape index (κ1) is 7.63. The summed E-state index contributed by atoms with van der Waals surface area (Å²) in [6.07, 6.45) is 0. The Morgan fingerprint density at radius 1 is 1.40 bits per heavy atom. The monoisotopic (exact) mass is 177 g/mol. The molecule has 0 saturated heterocycles. The molecule has 0 spiro atoms. The van der Waals surface area contributed by atoms with Crippen LogP contribution in [0.3, 0.4) is 0 Å². The van der Waals surface area contributed by atoms with Gasteiger partial charge in [-0.15, -0.1) is 0 Å². The maximum absolute atomic E-state index is 5.59. The highest BCUT2D eigenvalue weighted by molar-refractivity contribution is 6.41. The summed E-state index contributed by atoms with van der Waals surface area (Å²) in [5.74, 6) is 0.467. The molecule has 0 aromatic carbocycles. The highest BCUT2D eigenvalue weighted by Crippen LogP contribution is 2.21. The van der Waals surface area contributed by atoms with Gasteiger partial charge < -0.3 is 4.74 Å². The Morgan fingerprint density at radius 3 is 2.60 bits per heavy atom. The van der Waals surface area contributed by atoms with E-state index in [2.05, 4.69) is 4.98 Å². The van der Waals surface area contributed by atoms with Crippen LogP contribution in [0.5, 0.6) is 5.88 Å². The molecule has 0 N–H and O–H groups in total. The van der Waals surface area contributed by atoms with E-state index in [4.69, 9.17) is 27.9 Å². The van der Waals surface area contributed by atoms with Crippen molar-refractivity contribution in [2.75, 3.05) is 7.11 Å². The molecule has 0 saturated carbocycles. The molecular formula is C6H5Cl2NO. The Kier molecular flexibility index (Phi) is 2.35. The second-order valence-electron chi connectivity index (χ2n) is 1.63. The third-order valence-electron chi connectivity index (χ3n) is 0.987. The fourth-order valence-corrected chi connectivity index (χ4v) is 0.766. The Hall–Kier alpha value is -0.470. The van der Waals surface area contributed by atoms with Gasteiger partial charge in [0.25, 0.3) is 0 Å². The minimum absolute atomic E-state index is 0.265. The molecule has 0 bridgehead atoms. The number of aromatic nitrogens is 1. The van der Waals surface area contributed by atoms with E-state index in [1.165, 1.54) is 7.11 Å². The van der Waals surface area contributed by atoms with Crippen molar-refractivity contribution < 1.29 is 4.74 Å². The molecule has 1 heterocycles. The predicted molar refractivity (Wildman–Crippen MR) is 40.8 cm³/mol. The summed E-state index contributed by atoms with van der Waals surface area (Å²) in [6, 6.07) is 3.28. The molecule has 0 aliphatic heterocycles. The fraction of sp³-hybridized carbons (Fsp3) is 0.167. The molecule has 1 rings (SSSR count). The van der Waals surface area contributed by atoms with Crippen LogP contribution in [0.2, 0.25) is 10.2 Å². The minimum Gasteiger partial charge on any atom is -0.481 e. The highest BCUT2D eigenvalue weighted by atomic mass is 35.5. The number of hydrogen-bond acceptors (Lipinski definition) is 2. The fourth-order valence-electron chi connectivity index (χ4n) is 0.514. The van der Waals surface area contributed by atoms with Crippen LogP contribution < -0.4 is 4.74 Å². The van der Waals surface area contributed by atoms with Crippen LogP contribution in [0.25, 0.3) is 0 Å². The van der Waals surface area contributed by atoms with E-state index < -0.39 is 0 Å². The largest absolute Gasteiger partial charge is 0.481 e. The molecule has 0 atom stereocenters. The number of pyridine rings is 1. The summed E-state index contributed by atoms with van der Waals surface area (Å²) in [6.45, 7) is 0. The van der Waals surface area contributed by atoms with E-state index >= 15 is 0 Å². The van der Waals surface area contributed by atoms with Crippen molar-refractivity contribution in [1.82, 2.24) is 4.98 Å². The van der Waals surface area contributed by atoms with Gasteiger partial charge in [-0.2, -0.15) is 0 Å². The lowest BCUT2D eigenvalue weighted by Crippen LogP contribution is -1.86. The van der Waals surface area contributed by atoms with Crippen molar-refractivity contribution in [3.05, 3.63) is 22.3 Å². The predicted octanol–water partition coefficient (Wildman–Crippen LogP) is 2.40. The van der Waals surface area contributed by atoms with E-state index in [1.54, 1.807) is 12.1 Å². The average molecular weight is 178 g/mol. The van der Waals surface area contributed by atoms with E-state index in [9.17, 15) is 0 Å². The molecule has 1 aromatic rings. The van der Waals surface area contributed by atoms with Gasteiger partial charge in [0.15, 0.2) is 5.15 Å². The van der Waals surface area contributed by atoms with Crippen molar-refractivity contribution in [3.8, 4) is 5.88 Å². The van der Waals surface area contributed by atoms with Gasteiger partial charge in [-0.05, 0) is 6.07 Å². The van der Waals surface area contributed by atoms with Gasteiger partial charge in [0.05, 0.1) is 12.1 Å². The normalized spacial score (nSPS) is 9.50. The molecule has 0 aliphatic carbocycles. The second kappa shape index (κ2) is 3.08. The average Bonchev–Trinajstić information content (AvgIpc) is 1.95. The van der Waals surface area contributed by atoms with Crippen molar-refractivity contribution in [3.63, 3.8) is 0 Å². The molecule has 0 aliphatic rings. The summed E-state index contributed by atoms with van der Waals surface area (Å²) < 4.78 is 4.80. The summed E-state index contributed by atoms with van der Waals surface area (Å²) in [5.41, 5.74) is 0. The molecular weight excluding hydrogens is 173 g/mol. The third-order valence-corrected chi connectivity index (χ3v) is 1.68. The van der Waals surface area contributed by atoms with Gasteiger partial charge >= 0.3 is 0 Å². The van der Waals surface area contributed by atoms with Gasteiger partial charge in [0.2, 0.25) is 5.88 Å². The molecule has 0 radical (unpaired) electrons.